The topological polar surface area (TPSA) is 78.3 Å². The van der Waals surface area contributed by atoms with Crippen molar-refractivity contribution < 1.29 is 4.92 Å². The number of benzene rings is 3. The molecule has 3 heterocycles. The van der Waals surface area contributed by atoms with Gasteiger partial charge in [-0.2, -0.15) is 0 Å². The molecule has 172 valence electrons. The van der Waals surface area contributed by atoms with E-state index >= 15 is 0 Å². The number of hydrogen-bond donors (Lipinski definition) is 0. The third-order valence-electron chi connectivity index (χ3n) is 5.79. The second kappa shape index (κ2) is 8.56. The van der Waals surface area contributed by atoms with Gasteiger partial charge in [-0.3, -0.25) is 19.1 Å². The van der Waals surface area contributed by atoms with Crippen LogP contribution in [0.15, 0.2) is 78.0 Å². The lowest BCUT2D eigenvalue weighted by Crippen LogP contribution is -2.02. The first-order chi connectivity index (χ1) is 17.0. The van der Waals surface area contributed by atoms with E-state index in [1.54, 1.807) is 12.1 Å². The van der Waals surface area contributed by atoms with Crippen molar-refractivity contribution in [1.29, 1.82) is 0 Å². The van der Waals surface area contributed by atoms with E-state index in [1.807, 2.05) is 53.1 Å². The molecule has 3 aromatic heterocycles. The number of aromatic nitrogens is 4. The maximum Gasteiger partial charge on any atom is 0.269 e. The molecule has 0 unspecified atom stereocenters. The van der Waals surface area contributed by atoms with E-state index in [9.17, 15) is 10.1 Å². The number of nitro benzene ring substituents is 1. The highest BCUT2D eigenvalue weighted by Crippen LogP contribution is 2.35. The van der Waals surface area contributed by atoms with Gasteiger partial charge in [0.25, 0.3) is 5.69 Å². The monoisotopic (exact) mass is 515 g/mol. The first-order valence-corrected chi connectivity index (χ1v) is 13.0. The molecule has 10 heteroatoms. The van der Waals surface area contributed by atoms with Crippen LogP contribution in [0.2, 0.25) is 0 Å². The molecule has 0 N–H and O–H groups in total. The van der Waals surface area contributed by atoms with Crippen molar-refractivity contribution in [3.05, 3.63) is 98.0 Å². The quantitative estimate of drug-likeness (QED) is 0.0799. The fourth-order valence-corrected chi connectivity index (χ4v) is 6.44. The zero-order valence-corrected chi connectivity index (χ0v) is 20.9. The molecule has 35 heavy (non-hydrogen) atoms. The summed E-state index contributed by atoms with van der Waals surface area (Å²) in [6, 6.07) is 22.8. The normalized spacial score (nSPS) is 11.6. The molecule has 7 nitrogen and oxygen atoms in total. The molecule has 0 aliphatic rings. The van der Waals surface area contributed by atoms with Crippen LogP contribution in [-0.2, 0) is 5.75 Å². The first kappa shape index (κ1) is 21.9. The summed E-state index contributed by atoms with van der Waals surface area (Å²) in [5.74, 6) is 0.525. The number of thioether (sulfide) groups is 1. The van der Waals surface area contributed by atoms with Crippen molar-refractivity contribution in [2.24, 2.45) is 0 Å². The average Bonchev–Trinajstić information content (AvgIpc) is 3.41. The van der Waals surface area contributed by atoms with Gasteiger partial charge in [0.1, 0.15) is 4.70 Å². The Morgan fingerprint density at radius 1 is 1.03 bits per heavy atom. The molecule has 0 aliphatic heterocycles. The molecule has 0 saturated carbocycles. The number of aryl methyl sites for hydroxylation is 1. The number of non-ortho nitro benzene ring substituents is 1. The molecule has 0 fully saturated rings. The van der Waals surface area contributed by atoms with E-state index in [0.29, 0.717) is 9.71 Å². The maximum absolute atomic E-state index is 11.2. The summed E-state index contributed by atoms with van der Waals surface area (Å²) in [5, 5.41) is 12.0. The zero-order valence-electron chi connectivity index (χ0n) is 18.4. The van der Waals surface area contributed by atoms with Crippen molar-refractivity contribution in [1.82, 2.24) is 18.9 Å². The Labute approximate surface area is 212 Å². The van der Waals surface area contributed by atoms with Gasteiger partial charge in [0.15, 0.2) is 20.4 Å². The molecule has 0 aliphatic carbocycles. The van der Waals surface area contributed by atoms with Gasteiger partial charge < -0.3 is 0 Å². The molecular formula is C25H17N5O2S3. The van der Waals surface area contributed by atoms with Crippen LogP contribution in [0.1, 0.15) is 11.1 Å². The lowest BCUT2D eigenvalue weighted by atomic mass is 10.2. The Morgan fingerprint density at radius 2 is 1.83 bits per heavy atom. The Bertz CT molecular complexity index is 1840. The van der Waals surface area contributed by atoms with E-state index < -0.39 is 0 Å². The lowest BCUT2D eigenvalue weighted by molar-refractivity contribution is -0.384. The highest BCUT2D eigenvalue weighted by Gasteiger charge is 2.20. The number of para-hydroxylation sites is 3. The summed E-state index contributed by atoms with van der Waals surface area (Å²) >= 11 is 8.82. The Hall–Kier alpha value is -3.60. The van der Waals surface area contributed by atoms with Crippen LogP contribution < -0.4 is 0 Å². The Balaban J connectivity index is 1.59. The molecule has 0 atom stereocenters. The second-order valence-corrected chi connectivity index (χ2v) is 10.6. The SMILES string of the molecule is Cc1ccccc1-n1c(=S)sc2c1nc(SCc1cccc([N+](=O)[O-])c1)n1c3ccccc3nc21. The van der Waals surface area contributed by atoms with Gasteiger partial charge in [-0.05, 0) is 48.5 Å². The smallest absolute Gasteiger partial charge is 0.269 e. The molecule has 3 aromatic carbocycles. The van der Waals surface area contributed by atoms with Gasteiger partial charge in [0, 0.05) is 17.9 Å². The predicted octanol–water partition coefficient (Wildman–Crippen LogP) is 7.13. The molecule has 0 saturated heterocycles. The molecule has 0 radical (unpaired) electrons. The van der Waals surface area contributed by atoms with Crippen LogP contribution in [0.5, 0.6) is 0 Å². The third kappa shape index (κ3) is 3.70. The van der Waals surface area contributed by atoms with Gasteiger partial charge in [-0.25, -0.2) is 9.97 Å². The lowest BCUT2D eigenvalue weighted by Gasteiger charge is -2.10. The summed E-state index contributed by atoms with van der Waals surface area (Å²) < 4.78 is 5.71. The van der Waals surface area contributed by atoms with Crippen LogP contribution in [0, 0.1) is 21.0 Å². The highest BCUT2D eigenvalue weighted by molar-refractivity contribution is 7.98. The van der Waals surface area contributed by atoms with Gasteiger partial charge in [0.05, 0.1) is 21.6 Å². The van der Waals surface area contributed by atoms with Crippen molar-refractivity contribution in [3.8, 4) is 5.69 Å². The number of hydrogen-bond acceptors (Lipinski definition) is 7. The number of nitrogens with zero attached hydrogens (tertiary/aromatic N) is 5. The third-order valence-corrected chi connectivity index (χ3v) is 8.16. The first-order valence-electron chi connectivity index (χ1n) is 10.8. The van der Waals surface area contributed by atoms with Crippen LogP contribution in [0.3, 0.4) is 0 Å². The number of thiazole rings is 1. The molecule has 6 aromatic rings. The Morgan fingerprint density at radius 3 is 2.66 bits per heavy atom. The summed E-state index contributed by atoms with van der Waals surface area (Å²) in [5.41, 5.74) is 6.43. The highest BCUT2D eigenvalue weighted by atomic mass is 32.2. The molecule has 6 rings (SSSR count). The number of rotatable bonds is 5. The molecule has 0 spiro atoms. The minimum absolute atomic E-state index is 0.0794. The largest absolute Gasteiger partial charge is 0.275 e. The number of imidazole rings is 1. The van der Waals surface area contributed by atoms with Crippen LogP contribution >= 0.6 is 35.3 Å². The fraction of sp³-hybridized carbons (Fsp3) is 0.0800. The Kier molecular flexibility index (Phi) is 5.36. The minimum Gasteiger partial charge on any atom is -0.275 e. The minimum atomic E-state index is -0.373. The van der Waals surface area contributed by atoms with Gasteiger partial charge >= 0.3 is 0 Å². The molecular weight excluding hydrogens is 499 g/mol. The average molecular weight is 516 g/mol. The number of fused-ring (bicyclic) bond motifs is 5. The summed E-state index contributed by atoms with van der Waals surface area (Å²) in [4.78, 5) is 20.9. The van der Waals surface area contributed by atoms with E-state index in [1.165, 1.54) is 29.2 Å². The van der Waals surface area contributed by atoms with Crippen LogP contribution in [0.4, 0.5) is 5.69 Å². The van der Waals surface area contributed by atoms with Crippen LogP contribution in [0.25, 0.3) is 32.7 Å². The molecule has 0 bridgehead atoms. The van der Waals surface area contributed by atoms with Gasteiger partial charge in [-0.15, -0.1) is 0 Å². The van der Waals surface area contributed by atoms with Crippen molar-refractivity contribution in [2.75, 3.05) is 0 Å². The summed E-state index contributed by atoms with van der Waals surface area (Å²) in [6.07, 6.45) is 0. The number of nitro groups is 1. The summed E-state index contributed by atoms with van der Waals surface area (Å²) in [7, 11) is 0. The van der Waals surface area contributed by atoms with E-state index in [4.69, 9.17) is 22.2 Å². The standard InChI is InChI=1S/C25H17N5O2S3/c1-15-7-2-4-11-19(15)29-23-21(35-25(29)33)22-26-18-10-3-5-12-20(18)28(22)24(27-23)34-14-16-8-6-9-17(13-16)30(31)32/h2-13H,14H2,1H3. The second-order valence-electron chi connectivity index (χ2n) is 8.01. The van der Waals surface area contributed by atoms with Crippen molar-refractivity contribution in [2.45, 2.75) is 17.8 Å². The van der Waals surface area contributed by atoms with E-state index in [0.717, 1.165) is 49.0 Å². The van der Waals surface area contributed by atoms with Gasteiger partial charge in [-0.1, -0.05) is 65.6 Å². The summed E-state index contributed by atoms with van der Waals surface area (Å²) in [6.45, 7) is 2.06. The fourth-order valence-electron chi connectivity index (χ4n) is 4.16. The van der Waals surface area contributed by atoms with E-state index in [-0.39, 0.29) is 10.6 Å². The van der Waals surface area contributed by atoms with Crippen LogP contribution in [-0.4, -0.2) is 23.9 Å². The van der Waals surface area contributed by atoms with Gasteiger partial charge in [0.2, 0.25) is 0 Å². The maximum atomic E-state index is 11.2. The zero-order chi connectivity index (χ0) is 24.1. The van der Waals surface area contributed by atoms with E-state index in [2.05, 4.69) is 17.4 Å². The van der Waals surface area contributed by atoms with Crippen molar-refractivity contribution >= 4 is 68.0 Å². The van der Waals surface area contributed by atoms with Crippen molar-refractivity contribution in [3.63, 3.8) is 0 Å². The molecule has 0 amide bonds. The predicted molar refractivity (Wildman–Crippen MR) is 143 cm³/mol.